The molecular formula is C16H31N3O. The molecule has 0 atom stereocenters. The molecule has 2 aliphatic rings. The van der Waals surface area contributed by atoms with Crippen molar-refractivity contribution >= 4 is 6.03 Å². The lowest BCUT2D eigenvalue weighted by Crippen LogP contribution is -2.58. The fourth-order valence-corrected chi connectivity index (χ4v) is 3.80. The Morgan fingerprint density at radius 1 is 1.10 bits per heavy atom. The third kappa shape index (κ3) is 3.66. The first kappa shape index (κ1) is 15.6. The van der Waals surface area contributed by atoms with Crippen molar-refractivity contribution in [3.8, 4) is 0 Å². The Hall–Kier alpha value is -0.770. The number of nitrogens with one attached hydrogen (secondary N) is 1. The highest BCUT2D eigenvalue weighted by Gasteiger charge is 2.37. The molecule has 0 heterocycles. The maximum absolute atomic E-state index is 12.5. The summed E-state index contributed by atoms with van der Waals surface area (Å²) in [5.74, 6) is 0. The second-order valence-electron chi connectivity index (χ2n) is 6.69. The maximum Gasteiger partial charge on any atom is 0.317 e. The van der Waals surface area contributed by atoms with Crippen LogP contribution >= 0.6 is 0 Å². The summed E-state index contributed by atoms with van der Waals surface area (Å²) in [7, 11) is 1.94. The van der Waals surface area contributed by atoms with E-state index in [9.17, 15) is 4.79 Å². The molecule has 2 rings (SSSR count). The number of nitrogens with two attached hydrogens (primary N) is 1. The summed E-state index contributed by atoms with van der Waals surface area (Å²) < 4.78 is 0. The number of nitrogens with zero attached hydrogens (tertiary/aromatic N) is 1. The van der Waals surface area contributed by atoms with Crippen molar-refractivity contribution in [2.75, 3.05) is 13.6 Å². The Morgan fingerprint density at radius 3 is 2.20 bits per heavy atom. The lowest BCUT2D eigenvalue weighted by Gasteiger charge is -2.41. The van der Waals surface area contributed by atoms with Crippen molar-refractivity contribution in [2.24, 2.45) is 5.73 Å². The number of hydrogen-bond donors (Lipinski definition) is 2. The fraction of sp³-hybridized carbons (Fsp3) is 0.938. The van der Waals surface area contributed by atoms with Crippen LogP contribution in [0.3, 0.4) is 0 Å². The lowest BCUT2D eigenvalue weighted by molar-refractivity contribution is 0.120. The van der Waals surface area contributed by atoms with Crippen LogP contribution in [0.25, 0.3) is 0 Å². The molecule has 0 bridgehead atoms. The summed E-state index contributed by atoms with van der Waals surface area (Å²) in [5.41, 5.74) is 5.94. The second-order valence-corrected chi connectivity index (χ2v) is 6.69. The zero-order chi connectivity index (χ0) is 14.4. The highest BCUT2D eigenvalue weighted by molar-refractivity contribution is 5.75. The molecule has 0 aliphatic heterocycles. The third-order valence-electron chi connectivity index (χ3n) is 5.36. The summed E-state index contributed by atoms with van der Waals surface area (Å²) in [5, 5.41) is 3.23. The van der Waals surface area contributed by atoms with Crippen molar-refractivity contribution in [3.05, 3.63) is 0 Å². The fourth-order valence-electron chi connectivity index (χ4n) is 3.80. The molecule has 0 aromatic carbocycles. The van der Waals surface area contributed by atoms with E-state index in [1.165, 1.54) is 44.9 Å². The van der Waals surface area contributed by atoms with Gasteiger partial charge in [0.1, 0.15) is 0 Å². The molecule has 116 valence electrons. The summed E-state index contributed by atoms with van der Waals surface area (Å²) in [6.07, 6.45) is 13.1. The average molecular weight is 281 g/mol. The Balaban J connectivity index is 1.95. The highest BCUT2D eigenvalue weighted by Crippen LogP contribution is 2.31. The topological polar surface area (TPSA) is 58.4 Å². The number of likely N-dealkylation sites (N-methyl/N-ethyl adjacent to an activating group) is 1. The SMILES string of the molecule is CN(C(=O)NC1CCCCC1)C1(CN)CCCCCC1. The Labute approximate surface area is 123 Å². The van der Waals surface area contributed by atoms with E-state index in [0.29, 0.717) is 12.6 Å². The molecule has 2 aliphatic carbocycles. The summed E-state index contributed by atoms with van der Waals surface area (Å²) in [6.45, 7) is 0.585. The van der Waals surface area contributed by atoms with Gasteiger partial charge in [-0.25, -0.2) is 4.79 Å². The standard InChI is InChI=1S/C16H31N3O/c1-19(15(20)18-14-9-5-4-6-10-14)16(13-17)11-7-2-3-8-12-16/h14H,2-13,17H2,1H3,(H,18,20). The minimum atomic E-state index is -0.116. The Morgan fingerprint density at radius 2 is 1.65 bits per heavy atom. The molecule has 0 unspecified atom stereocenters. The quantitative estimate of drug-likeness (QED) is 0.781. The van der Waals surface area contributed by atoms with E-state index in [1.54, 1.807) is 0 Å². The van der Waals surface area contributed by atoms with Crippen molar-refractivity contribution in [2.45, 2.75) is 82.2 Å². The van der Waals surface area contributed by atoms with E-state index in [4.69, 9.17) is 5.73 Å². The zero-order valence-electron chi connectivity index (χ0n) is 13.0. The number of urea groups is 1. The van der Waals surface area contributed by atoms with Crippen molar-refractivity contribution in [1.82, 2.24) is 10.2 Å². The van der Waals surface area contributed by atoms with Gasteiger partial charge in [-0.1, -0.05) is 44.9 Å². The van der Waals surface area contributed by atoms with Gasteiger partial charge in [0.2, 0.25) is 0 Å². The second kappa shape index (κ2) is 7.30. The van der Waals surface area contributed by atoms with Crippen LogP contribution in [0.2, 0.25) is 0 Å². The number of hydrogen-bond acceptors (Lipinski definition) is 2. The number of carbonyl (C=O) groups excluding carboxylic acids is 1. The zero-order valence-corrected chi connectivity index (χ0v) is 13.0. The molecule has 0 saturated heterocycles. The largest absolute Gasteiger partial charge is 0.335 e. The van der Waals surface area contributed by atoms with Crippen LogP contribution in [-0.2, 0) is 0 Å². The first-order valence-electron chi connectivity index (χ1n) is 8.42. The first-order valence-corrected chi connectivity index (χ1v) is 8.42. The minimum absolute atomic E-state index is 0.0873. The van der Waals surface area contributed by atoms with Crippen molar-refractivity contribution in [3.63, 3.8) is 0 Å². The smallest absolute Gasteiger partial charge is 0.317 e. The highest BCUT2D eigenvalue weighted by atomic mass is 16.2. The monoisotopic (exact) mass is 281 g/mol. The predicted octanol–water partition coefficient (Wildman–Crippen LogP) is 3.01. The molecule has 0 aromatic rings. The van der Waals surface area contributed by atoms with E-state index >= 15 is 0 Å². The van der Waals surface area contributed by atoms with E-state index in [-0.39, 0.29) is 11.6 Å². The normalized spacial score (nSPS) is 23.9. The lowest BCUT2D eigenvalue weighted by atomic mass is 9.88. The summed E-state index contributed by atoms with van der Waals surface area (Å²) in [4.78, 5) is 14.5. The molecule has 2 fully saturated rings. The van der Waals surface area contributed by atoms with E-state index < -0.39 is 0 Å². The van der Waals surface area contributed by atoms with Gasteiger partial charge in [0.25, 0.3) is 0 Å². The van der Waals surface area contributed by atoms with Gasteiger partial charge in [-0.05, 0) is 25.7 Å². The van der Waals surface area contributed by atoms with Crippen LogP contribution in [0, 0.1) is 0 Å². The third-order valence-corrected chi connectivity index (χ3v) is 5.36. The van der Waals surface area contributed by atoms with Gasteiger partial charge in [0.15, 0.2) is 0 Å². The van der Waals surface area contributed by atoms with Crippen LogP contribution < -0.4 is 11.1 Å². The van der Waals surface area contributed by atoms with Crippen LogP contribution in [0.4, 0.5) is 4.79 Å². The minimum Gasteiger partial charge on any atom is -0.335 e. The van der Waals surface area contributed by atoms with E-state index in [2.05, 4.69) is 5.32 Å². The number of rotatable bonds is 3. The van der Waals surface area contributed by atoms with E-state index in [1.807, 2.05) is 11.9 Å². The molecule has 4 nitrogen and oxygen atoms in total. The molecule has 2 saturated carbocycles. The molecule has 4 heteroatoms. The van der Waals surface area contributed by atoms with Crippen LogP contribution in [0.1, 0.15) is 70.6 Å². The molecule has 0 spiro atoms. The van der Waals surface area contributed by atoms with Crippen LogP contribution in [0.5, 0.6) is 0 Å². The van der Waals surface area contributed by atoms with Gasteiger partial charge in [0.05, 0.1) is 5.54 Å². The number of amides is 2. The first-order chi connectivity index (χ1) is 9.68. The van der Waals surface area contributed by atoms with Crippen LogP contribution in [0.15, 0.2) is 0 Å². The van der Waals surface area contributed by atoms with E-state index in [0.717, 1.165) is 25.7 Å². The molecular weight excluding hydrogens is 250 g/mol. The van der Waals surface area contributed by atoms with Crippen LogP contribution in [-0.4, -0.2) is 36.1 Å². The van der Waals surface area contributed by atoms with Gasteiger partial charge in [0, 0.05) is 19.6 Å². The van der Waals surface area contributed by atoms with Gasteiger partial charge < -0.3 is 16.0 Å². The predicted molar refractivity (Wildman–Crippen MR) is 82.7 cm³/mol. The van der Waals surface area contributed by atoms with Crippen molar-refractivity contribution < 1.29 is 4.79 Å². The average Bonchev–Trinajstić information content (AvgIpc) is 2.74. The van der Waals surface area contributed by atoms with Crippen molar-refractivity contribution in [1.29, 1.82) is 0 Å². The van der Waals surface area contributed by atoms with Gasteiger partial charge in [-0.2, -0.15) is 0 Å². The Bertz CT molecular complexity index is 305. The van der Waals surface area contributed by atoms with Gasteiger partial charge >= 0.3 is 6.03 Å². The maximum atomic E-state index is 12.5. The number of carbonyl (C=O) groups is 1. The molecule has 0 radical (unpaired) electrons. The molecule has 20 heavy (non-hydrogen) atoms. The molecule has 2 amide bonds. The van der Waals surface area contributed by atoms with Gasteiger partial charge in [-0.3, -0.25) is 0 Å². The molecule has 3 N–H and O–H groups in total. The van der Waals surface area contributed by atoms with Gasteiger partial charge in [-0.15, -0.1) is 0 Å². The molecule has 0 aromatic heterocycles. The summed E-state index contributed by atoms with van der Waals surface area (Å²) in [6, 6.07) is 0.462. The Kier molecular flexibility index (Phi) is 5.70. The summed E-state index contributed by atoms with van der Waals surface area (Å²) >= 11 is 0.